The van der Waals surface area contributed by atoms with Gasteiger partial charge in [-0.1, -0.05) is 0 Å². The minimum atomic E-state index is -1.75. The van der Waals surface area contributed by atoms with Crippen LogP contribution in [0.15, 0.2) is 0 Å². The molecule has 0 spiro atoms. The molecule has 0 fully saturated rings. The van der Waals surface area contributed by atoms with E-state index >= 15 is 0 Å². The van der Waals surface area contributed by atoms with Crippen molar-refractivity contribution in [2.24, 2.45) is 0 Å². The third kappa shape index (κ3) is 5680. The van der Waals surface area contributed by atoms with Crippen molar-refractivity contribution < 1.29 is 51.7 Å². The standard InChI is InChI=1S/2NO3.Pd.Pt/c2*2-1(3)4;;/q2*-1;2*+2. The molecule has 8 nitrogen and oxygen atoms in total. The van der Waals surface area contributed by atoms with E-state index in [2.05, 4.69) is 0 Å². The molecule has 0 saturated carbocycles. The zero-order valence-electron chi connectivity index (χ0n) is 3.98. The van der Waals surface area contributed by atoms with Gasteiger partial charge in [0.2, 0.25) is 0 Å². The Hall–Kier alpha value is -0.249. The summed E-state index contributed by atoms with van der Waals surface area (Å²) in [7, 11) is 0. The number of hydrogen-bond acceptors (Lipinski definition) is 6. The van der Waals surface area contributed by atoms with Gasteiger partial charge >= 0.3 is 41.5 Å². The fraction of sp³-hybridized carbons (Fsp3) is 0. The van der Waals surface area contributed by atoms with Crippen molar-refractivity contribution in [1.82, 2.24) is 0 Å². The van der Waals surface area contributed by atoms with Crippen LogP contribution in [0.3, 0.4) is 0 Å². The van der Waals surface area contributed by atoms with Crippen LogP contribution in [0.25, 0.3) is 0 Å². The molecule has 0 saturated heterocycles. The summed E-state index contributed by atoms with van der Waals surface area (Å²) in [6.07, 6.45) is 0. The average Bonchev–Trinajstić information content (AvgIpc) is 1.25. The molecule has 10 heavy (non-hydrogen) atoms. The number of rotatable bonds is 0. The maximum absolute atomic E-state index is 8.25. The van der Waals surface area contributed by atoms with Gasteiger partial charge in [-0.15, -0.1) is 0 Å². The predicted molar refractivity (Wildman–Crippen MR) is 20.7 cm³/mol. The van der Waals surface area contributed by atoms with Crippen LogP contribution in [0, 0.1) is 30.6 Å². The first-order chi connectivity index (χ1) is 3.46. The summed E-state index contributed by atoms with van der Waals surface area (Å²) in [6, 6.07) is 0. The molecule has 0 unspecified atom stereocenters. The van der Waals surface area contributed by atoms with E-state index in [4.69, 9.17) is 30.6 Å². The summed E-state index contributed by atoms with van der Waals surface area (Å²) in [5, 5.41) is 29.5. The van der Waals surface area contributed by atoms with Crippen molar-refractivity contribution in [3.63, 3.8) is 0 Å². The zero-order valence-corrected chi connectivity index (χ0v) is 7.80. The minimum absolute atomic E-state index is 0. The van der Waals surface area contributed by atoms with E-state index in [1.807, 2.05) is 0 Å². The van der Waals surface area contributed by atoms with Crippen molar-refractivity contribution in [2.45, 2.75) is 0 Å². The van der Waals surface area contributed by atoms with Crippen LogP contribution in [-0.4, -0.2) is 10.2 Å². The summed E-state index contributed by atoms with van der Waals surface area (Å²) < 4.78 is 0. The van der Waals surface area contributed by atoms with E-state index in [1.165, 1.54) is 0 Å². The molecule has 0 atom stereocenters. The second-order valence-electron chi connectivity index (χ2n) is 0.447. The van der Waals surface area contributed by atoms with Crippen LogP contribution in [0.5, 0.6) is 0 Å². The summed E-state index contributed by atoms with van der Waals surface area (Å²) in [4.78, 5) is 16.5. The van der Waals surface area contributed by atoms with Crippen LogP contribution in [0.4, 0.5) is 0 Å². The Morgan fingerprint density at radius 2 is 0.800 bits per heavy atom. The maximum atomic E-state index is 8.25. The average molecular weight is 426 g/mol. The van der Waals surface area contributed by atoms with E-state index in [0.29, 0.717) is 0 Å². The Kier molecular flexibility index (Phi) is 35.9. The van der Waals surface area contributed by atoms with E-state index < -0.39 is 10.2 Å². The van der Waals surface area contributed by atoms with Gasteiger partial charge in [-0.05, 0) is 0 Å². The fourth-order valence-corrected chi connectivity index (χ4v) is 0. The predicted octanol–water partition coefficient (Wildman–Crippen LogP) is -0.483. The third-order valence-corrected chi connectivity index (χ3v) is 0. The topological polar surface area (TPSA) is 132 Å². The first-order valence-corrected chi connectivity index (χ1v) is 1.10. The largest absolute Gasteiger partial charge is 2.00 e. The molecule has 0 N–H and O–H groups in total. The normalized spacial score (nSPS) is 4.80. The molecule has 10 heteroatoms. The van der Waals surface area contributed by atoms with E-state index in [9.17, 15) is 0 Å². The van der Waals surface area contributed by atoms with Gasteiger partial charge in [0.05, 0.1) is 10.2 Å². The van der Waals surface area contributed by atoms with Gasteiger partial charge < -0.3 is 30.6 Å². The van der Waals surface area contributed by atoms with E-state index in [-0.39, 0.29) is 41.5 Å². The molecule has 0 aromatic carbocycles. The number of nitrogens with zero attached hydrogens (tertiary/aromatic N) is 2. The van der Waals surface area contributed by atoms with E-state index in [0.717, 1.165) is 0 Å². The van der Waals surface area contributed by atoms with Gasteiger partial charge in [0.25, 0.3) is 0 Å². The number of hydrogen-bond donors (Lipinski definition) is 0. The molecule has 0 aliphatic rings. The van der Waals surface area contributed by atoms with Crippen LogP contribution in [-0.2, 0) is 41.5 Å². The van der Waals surface area contributed by atoms with Gasteiger partial charge in [0.15, 0.2) is 0 Å². The van der Waals surface area contributed by atoms with Crippen molar-refractivity contribution in [2.75, 3.05) is 0 Å². The van der Waals surface area contributed by atoms with Crippen molar-refractivity contribution in [3.05, 3.63) is 30.6 Å². The second-order valence-corrected chi connectivity index (χ2v) is 0.447. The van der Waals surface area contributed by atoms with Crippen LogP contribution in [0.2, 0.25) is 0 Å². The van der Waals surface area contributed by atoms with Crippen molar-refractivity contribution in [3.8, 4) is 0 Å². The first-order valence-electron chi connectivity index (χ1n) is 1.10. The molecule has 0 amide bonds. The summed E-state index contributed by atoms with van der Waals surface area (Å²) >= 11 is 0. The Morgan fingerprint density at radius 3 is 0.800 bits per heavy atom. The van der Waals surface area contributed by atoms with Gasteiger partial charge in [-0.3, -0.25) is 0 Å². The summed E-state index contributed by atoms with van der Waals surface area (Å²) in [6.45, 7) is 0. The zero-order chi connectivity index (χ0) is 7.15. The van der Waals surface area contributed by atoms with Gasteiger partial charge in [0, 0.05) is 0 Å². The molecule has 0 aromatic rings. The quantitative estimate of drug-likeness (QED) is 0.292. The third-order valence-electron chi connectivity index (χ3n) is 0. The van der Waals surface area contributed by atoms with Crippen LogP contribution in [0.1, 0.15) is 0 Å². The van der Waals surface area contributed by atoms with Crippen LogP contribution < -0.4 is 0 Å². The fourth-order valence-electron chi connectivity index (χ4n) is 0. The minimum Gasteiger partial charge on any atom is -0.356 e. The molecular formula is N2O6PdPt+2. The smallest absolute Gasteiger partial charge is 0.356 e. The summed E-state index contributed by atoms with van der Waals surface area (Å²) in [5.74, 6) is 0. The molecule has 0 heterocycles. The van der Waals surface area contributed by atoms with Gasteiger partial charge in [0.1, 0.15) is 0 Å². The Morgan fingerprint density at radius 1 is 0.800 bits per heavy atom. The Labute approximate surface area is 82.3 Å². The second kappa shape index (κ2) is 15.9. The van der Waals surface area contributed by atoms with Crippen LogP contribution >= 0.6 is 0 Å². The van der Waals surface area contributed by atoms with Gasteiger partial charge in [-0.2, -0.15) is 0 Å². The SMILES string of the molecule is O=[N+]([O-])[O-].O=[N+]([O-])[O-].[Pd+2].[Pt+2]. The molecule has 0 aliphatic carbocycles. The summed E-state index contributed by atoms with van der Waals surface area (Å²) in [5.41, 5.74) is 0. The van der Waals surface area contributed by atoms with Gasteiger partial charge in [-0.25, -0.2) is 0 Å². The Balaban J connectivity index is -0.0000000300. The van der Waals surface area contributed by atoms with E-state index in [1.54, 1.807) is 0 Å². The molecule has 0 aliphatic heterocycles. The molecule has 64 valence electrons. The van der Waals surface area contributed by atoms with Crippen molar-refractivity contribution in [1.29, 1.82) is 0 Å². The molecule has 0 radical (unpaired) electrons. The van der Waals surface area contributed by atoms with Crippen molar-refractivity contribution >= 4 is 0 Å². The first kappa shape index (κ1) is 22.6. The molecule has 0 bridgehead atoms. The monoisotopic (exact) mass is 425 g/mol. The Bertz CT molecular complexity index is 73.7. The molecule has 0 rings (SSSR count). The maximum Gasteiger partial charge on any atom is 2.00 e. The molecular weight excluding hydrogens is 426 g/mol. The molecule has 0 aromatic heterocycles.